The highest BCUT2D eigenvalue weighted by molar-refractivity contribution is 7.16. The van der Waals surface area contributed by atoms with Gasteiger partial charge in [0.15, 0.2) is 0 Å². The largest absolute Gasteiger partial charge is 0.242 e. The third-order valence-corrected chi connectivity index (χ3v) is 115. The zero-order valence-electron chi connectivity index (χ0n) is 105. The van der Waals surface area contributed by atoms with Gasteiger partial charge in [0.2, 0.25) is 13.4 Å². The van der Waals surface area contributed by atoms with Crippen LogP contribution in [-0.2, 0) is 0 Å². The summed E-state index contributed by atoms with van der Waals surface area (Å²) in [4.78, 5) is 0. The van der Waals surface area contributed by atoms with E-state index in [-0.39, 0.29) is 13.4 Å². The fourth-order valence-corrected chi connectivity index (χ4v) is 112. The van der Waals surface area contributed by atoms with Gasteiger partial charge < -0.3 is 0 Å². The SMILES string of the molecule is CC(C)[Si](c1cc2c(c([Si](C(C)C)(C(C)C)C(C)C)c1)B(c1c([Si](C(C)C)(C(C)C)C(C)C)cc([Si](C(C)C)(C(C)C)C(C)C)cc1[Si](C(C)C)(C(C)C)C(C)C)c1cc3ccc4c5c(cc6ccc-2c1c6c35)B(c1c([Si](C(C)C)(C(C)C)C(C)C)cc([Si](C(C)C)(C(C)C)C(C)C)cc1[Si](C(C)C)(C(C)C)C(C)C)c1c-4cc([Si](C(C)C)(C(C)C)C(C)C)cc1[Si](C(C)C)(C(C)C)C(C)C)(C(C)C)C(C)C. The second-order valence-electron chi connectivity index (χ2n) is 57.9. The van der Waals surface area contributed by atoms with E-state index in [1.54, 1.807) is 76.0 Å². The number of hydrogen-bond acceptors (Lipinski definition) is 0. The van der Waals surface area contributed by atoms with Crippen molar-refractivity contribution >= 4 is 211 Å². The summed E-state index contributed by atoms with van der Waals surface area (Å²) in [7, 11) is -26.2. The van der Waals surface area contributed by atoms with Gasteiger partial charge in [0.25, 0.3) is 0 Å². The van der Waals surface area contributed by atoms with Crippen LogP contribution >= 0.6 is 0 Å². The van der Waals surface area contributed by atoms with Gasteiger partial charge in [-0.3, -0.25) is 0 Å². The summed E-state index contributed by atoms with van der Waals surface area (Å²) in [6.07, 6.45) is 0. The molecule has 12 heteroatoms. The van der Waals surface area contributed by atoms with E-state index in [1.807, 2.05) is 52.4 Å². The van der Waals surface area contributed by atoms with Crippen LogP contribution in [0.3, 0.4) is 0 Å². The van der Waals surface area contributed by atoms with Gasteiger partial charge >= 0.3 is 0 Å². The number of hydrogen-bond donors (Lipinski definition) is 0. The fourth-order valence-electron chi connectivity index (χ4n) is 42.0. The van der Waals surface area contributed by atoms with E-state index in [1.165, 1.54) is 10.8 Å². The lowest BCUT2D eigenvalue weighted by Gasteiger charge is -2.53. The number of rotatable bonds is 42. The van der Waals surface area contributed by atoms with Crippen LogP contribution in [-0.4, -0.2) is 94.2 Å². The monoisotopic (exact) mass is 2090 g/mol. The lowest BCUT2D eigenvalue weighted by Crippen LogP contribution is -2.79. The van der Waals surface area contributed by atoms with Crippen molar-refractivity contribution in [3.63, 3.8) is 0 Å². The summed E-state index contributed by atoms with van der Waals surface area (Å²) < 4.78 is 0. The summed E-state index contributed by atoms with van der Waals surface area (Å²) in [5.41, 5.74) is 32.0. The molecule has 8 aromatic rings. The summed E-state index contributed by atoms with van der Waals surface area (Å²) in [6, 6.07) is 43.0. The maximum absolute atomic E-state index is 3.21. The van der Waals surface area contributed by atoms with Crippen molar-refractivity contribution < 1.29 is 0 Å². The highest BCUT2D eigenvalue weighted by Gasteiger charge is 2.63. The van der Waals surface area contributed by atoms with Crippen molar-refractivity contribution in [1.82, 2.24) is 0 Å². The molecule has 0 bridgehead atoms. The molecule has 0 spiro atoms. The molecule has 142 heavy (non-hydrogen) atoms. The van der Waals surface area contributed by atoms with Crippen LogP contribution in [0.2, 0.25) is 166 Å². The molecule has 0 unspecified atom stereocenters. The molecule has 790 valence electrons. The highest BCUT2D eigenvalue weighted by Crippen LogP contribution is 2.56. The average Bonchev–Trinajstić information content (AvgIpc) is 0.662. The smallest absolute Gasteiger partial charge is 0.0699 e. The Balaban J connectivity index is 1.81. The van der Waals surface area contributed by atoms with E-state index in [4.69, 9.17) is 0 Å². The van der Waals surface area contributed by atoms with Gasteiger partial charge in [-0.25, -0.2) is 0 Å². The van der Waals surface area contributed by atoms with Gasteiger partial charge in [0, 0.05) is 0 Å². The first-order chi connectivity index (χ1) is 65.3. The third kappa shape index (κ3) is 16.9. The molecular formula is C130H224B2Si10. The summed E-state index contributed by atoms with van der Waals surface area (Å²) in [6.45, 7) is 165. The van der Waals surface area contributed by atoms with Crippen LogP contribution < -0.4 is 84.6 Å². The molecule has 8 aromatic carbocycles. The van der Waals surface area contributed by atoms with Gasteiger partial charge in [-0.2, -0.15) is 0 Å². The zero-order valence-corrected chi connectivity index (χ0v) is 115. The summed E-state index contributed by atoms with van der Waals surface area (Å²) in [5, 5.41) is 27.7. The zero-order chi connectivity index (χ0) is 108. The van der Waals surface area contributed by atoms with Crippen LogP contribution in [0.1, 0.15) is 415 Å². The number of benzene rings is 8. The van der Waals surface area contributed by atoms with Crippen LogP contribution in [0, 0.1) is 0 Å². The van der Waals surface area contributed by atoms with Crippen molar-refractivity contribution in [3.05, 3.63) is 84.9 Å². The van der Waals surface area contributed by atoms with Crippen molar-refractivity contribution in [3.8, 4) is 22.3 Å². The minimum absolute atomic E-state index is 0.0346. The van der Waals surface area contributed by atoms with Gasteiger partial charge in [-0.05, 0) is 221 Å². The molecule has 2 heterocycles. The fraction of sp³-hybridized carbons (Fsp3) is 0.692. The van der Waals surface area contributed by atoms with E-state index in [0.717, 1.165) is 0 Å². The molecule has 0 saturated heterocycles. The highest BCUT2D eigenvalue weighted by atomic mass is 28.3. The molecule has 0 aromatic heterocycles. The first-order valence-electron chi connectivity index (χ1n) is 59.9. The van der Waals surface area contributed by atoms with Crippen LogP contribution in [0.15, 0.2) is 84.9 Å². The first-order valence-corrected chi connectivity index (χ1v) is 82.2. The molecule has 0 aliphatic carbocycles. The minimum Gasteiger partial charge on any atom is -0.0699 e. The Bertz CT molecular complexity index is 5060. The standard InChI is InChI=1S/C130H224B2Si10/c1-75(2)133(76(3)4,77(5)6)107-67-113-111-63-61-105-66-116-126-112(64-62-106-65-115(125(111)123(105)124(106)126)131(127(113)117(69-107)137(87(25)26,88(27)28)89(29)30)129-119(139(93(37)38,94(39)40)95(41)42)71-109(135(81(13)14,82(15)16)83(17)18)72-120(129)140(96(43)44,97(45)46)98(47)48)114-68-108(134(78(7)8,79(9)10)80(11)12)70-118(138(90(31)32,91(33)34)92(35)36)128(114)132(116)130-121(141(99(49)50,100(51)52)101(53)54)73-110(136(84(19)20,85(21)22)86(23)24)74-122(130)142(102(55)56,103(57)58)104(59)60/h61-104H,1-60H3. The topological polar surface area (TPSA) is 0 Å². The van der Waals surface area contributed by atoms with E-state index < -0.39 is 80.7 Å². The summed E-state index contributed by atoms with van der Waals surface area (Å²) >= 11 is 0. The molecule has 0 nitrogen and oxygen atoms in total. The predicted octanol–water partition coefficient (Wildman–Crippen LogP) is 34.4. The predicted molar refractivity (Wildman–Crippen MR) is 690 cm³/mol. The van der Waals surface area contributed by atoms with Crippen molar-refractivity contribution in [1.29, 1.82) is 0 Å². The van der Waals surface area contributed by atoms with Crippen molar-refractivity contribution in [2.45, 2.75) is 582 Å². The van der Waals surface area contributed by atoms with E-state index >= 15 is 0 Å². The molecule has 0 atom stereocenters. The van der Waals surface area contributed by atoms with Gasteiger partial charge in [-0.15, -0.1) is 0 Å². The molecule has 0 fully saturated rings. The Morgan fingerprint density at radius 1 is 0.134 bits per heavy atom. The lowest BCUT2D eigenvalue weighted by atomic mass is 9.32. The van der Waals surface area contributed by atoms with E-state index in [0.29, 0.717) is 166 Å². The van der Waals surface area contributed by atoms with Gasteiger partial charge in [0.05, 0.1) is 80.7 Å². The van der Waals surface area contributed by atoms with E-state index in [2.05, 4.69) is 500 Å². The molecule has 0 radical (unpaired) electrons. The van der Waals surface area contributed by atoms with Crippen molar-refractivity contribution in [2.75, 3.05) is 0 Å². The van der Waals surface area contributed by atoms with E-state index in [9.17, 15) is 0 Å². The van der Waals surface area contributed by atoms with Crippen LogP contribution in [0.25, 0.3) is 54.6 Å². The first kappa shape index (κ1) is 121. The Labute approximate surface area is 892 Å². The second kappa shape index (κ2) is 43.2. The minimum atomic E-state index is -2.75. The molecule has 0 amide bonds. The molecule has 0 N–H and O–H groups in total. The Kier molecular flexibility index (Phi) is 36.8. The number of fused-ring (bicyclic) bond motifs is 4. The molecule has 2 aliphatic rings. The molecule has 2 aliphatic heterocycles. The maximum Gasteiger partial charge on any atom is 0.242 e. The van der Waals surface area contributed by atoms with Crippen LogP contribution in [0.4, 0.5) is 0 Å². The molecule has 10 rings (SSSR count). The van der Waals surface area contributed by atoms with Crippen LogP contribution in [0.5, 0.6) is 0 Å². The van der Waals surface area contributed by atoms with Gasteiger partial charge in [0.1, 0.15) is 0 Å². The second-order valence-corrected chi connectivity index (χ2v) is 117. The normalized spacial score (nSPS) is 14.9. The van der Waals surface area contributed by atoms with Crippen molar-refractivity contribution in [2.24, 2.45) is 0 Å². The molecular weight excluding hydrogens is 1860 g/mol. The molecule has 0 saturated carbocycles. The Hall–Kier alpha value is -2.90. The summed E-state index contributed by atoms with van der Waals surface area (Å²) in [5.74, 6) is 0. The van der Waals surface area contributed by atoms with Gasteiger partial charge in [-0.1, -0.05) is 585 Å². The maximum atomic E-state index is 3.21. The Morgan fingerprint density at radius 3 is 0.408 bits per heavy atom. The Morgan fingerprint density at radius 2 is 0.268 bits per heavy atom. The average molecular weight is 2090 g/mol. The lowest BCUT2D eigenvalue weighted by molar-refractivity contribution is 0.829. The quantitative estimate of drug-likeness (QED) is 0.0264. The third-order valence-electron chi connectivity index (χ3n) is 44.5.